The standard InChI is InChI=1S/C51H30F14N10O3/c1-23(25-3-9-37(52)33(11-25)46-68-41-17-66-74(21-43(41)70-46)19-29-15-39(72-77-29)31-7-5-27(48(54,55)56)13-35(31)50(60,61)62)45(76)24(2)26-4-10-38(53)34(12-26)47-69-42-18-67-75(22-44(42)71-47)20-30-16-40(73-78-30)32-8-6-28(49(57,58)59)14-36(32)51(63,64)65/h3-18,21-24H,19-20H2,1-2H3. The second-order valence-corrected chi connectivity index (χ2v) is 17.8. The number of carbonyl (C=O) groups is 1. The Morgan fingerprint density at radius 3 is 1.23 bits per heavy atom. The zero-order chi connectivity index (χ0) is 55.8. The van der Waals surface area contributed by atoms with Crippen LogP contribution in [-0.2, 0) is 42.6 Å². The summed E-state index contributed by atoms with van der Waals surface area (Å²) in [6.45, 7) is 2.73. The summed E-state index contributed by atoms with van der Waals surface area (Å²) in [5.41, 5.74) is -6.79. The molecule has 0 N–H and O–H groups in total. The molecule has 6 aromatic rings. The monoisotopic (exact) mass is 1100 g/mol. The van der Waals surface area contributed by atoms with Gasteiger partial charge in [-0.1, -0.05) is 48.4 Å². The summed E-state index contributed by atoms with van der Waals surface area (Å²) in [4.78, 5) is 31.7. The minimum atomic E-state index is -5.15. The molecule has 6 heterocycles. The van der Waals surface area contributed by atoms with Crippen LogP contribution >= 0.6 is 0 Å². The van der Waals surface area contributed by atoms with Crippen molar-refractivity contribution in [1.29, 1.82) is 0 Å². The van der Waals surface area contributed by atoms with E-state index in [1.807, 2.05) is 0 Å². The first-order valence-corrected chi connectivity index (χ1v) is 22.7. The largest absolute Gasteiger partial charge is 0.417 e. The molecule has 400 valence electrons. The lowest BCUT2D eigenvalue weighted by Crippen LogP contribution is -2.17. The molecule has 0 radical (unpaired) electrons. The normalized spacial score (nSPS) is 13.4. The molecule has 2 unspecified atom stereocenters. The van der Waals surface area contributed by atoms with Gasteiger partial charge in [0.15, 0.2) is 23.2 Å². The van der Waals surface area contributed by atoms with Gasteiger partial charge in [0.25, 0.3) is 0 Å². The highest BCUT2D eigenvalue weighted by Gasteiger charge is 2.41. The number of benzene rings is 4. The number of imidazole rings is 2. The highest BCUT2D eigenvalue weighted by molar-refractivity contribution is 5.91. The van der Waals surface area contributed by atoms with E-state index in [0.717, 1.165) is 24.3 Å². The minimum Gasteiger partial charge on any atom is -0.359 e. The van der Waals surface area contributed by atoms with Crippen molar-refractivity contribution >= 4 is 5.78 Å². The van der Waals surface area contributed by atoms with E-state index in [1.165, 1.54) is 58.4 Å². The van der Waals surface area contributed by atoms with E-state index >= 15 is 8.78 Å². The number of fused-ring (bicyclic) bond motifs is 2. The van der Waals surface area contributed by atoms with Gasteiger partial charge >= 0.3 is 24.7 Å². The lowest BCUT2D eigenvalue weighted by Gasteiger charge is -2.18. The predicted molar refractivity (Wildman–Crippen MR) is 244 cm³/mol. The average Bonchev–Trinajstić information content (AvgIpc) is 4.28. The van der Waals surface area contributed by atoms with Crippen LogP contribution in [0.2, 0.25) is 0 Å². The van der Waals surface area contributed by atoms with E-state index in [-0.39, 0.29) is 99.5 Å². The van der Waals surface area contributed by atoms with E-state index in [0.29, 0.717) is 35.4 Å². The van der Waals surface area contributed by atoms with E-state index in [4.69, 9.17) is 9.05 Å². The van der Waals surface area contributed by atoms with Crippen molar-refractivity contribution in [2.45, 2.75) is 63.5 Å². The molecule has 0 spiro atoms. The van der Waals surface area contributed by atoms with Gasteiger partial charge in [-0.2, -0.15) is 62.9 Å². The number of hydrogen-bond donors (Lipinski definition) is 0. The number of hydrogen-bond acceptors (Lipinski definition) is 11. The Morgan fingerprint density at radius 1 is 0.474 bits per heavy atom. The third-order valence-electron chi connectivity index (χ3n) is 12.6. The molecule has 0 saturated carbocycles. The van der Waals surface area contributed by atoms with Gasteiger partial charge in [0.1, 0.15) is 64.7 Å². The number of carbonyl (C=O) groups excluding carboxylic acids is 1. The van der Waals surface area contributed by atoms with Crippen molar-refractivity contribution in [3.05, 3.63) is 166 Å². The number of rotatable bonds is 12. The van der Waals surface area contributed by atoms with E-state index in [9.17, 15) is 57.5 Å². The summed E-state index contributed by atoms with van der Waals surface area (Å²) in [5, 5.41) is 15.7. The van der Waals surface area contributed by atoms with Crippen LogP contribution in [0, 0.1) is 11.6 Å². The van der Waals surface area contributed by atoms with Crippen LogP contribution in [0.25, 0.3) is 68.1 Å². The van der Waals surface area contributed by atoms with E-state index in [2.05, 4.69) is 40.4 Å². The van der Waals surface area contributed by atoms with Crippen LogP contribution in [0.4, 0.5) is 61.5 Å². The Kier molecular flexibility index (Phi) is 13.0. The van der Waals surface area contributed by atoms with Crippen LogP contribution in [0.5, 0.6) is 0 Å². The first-order chi connectivity index (χ1) is 36.7. The molecule has 2 aromatic heterocycles. The first-order valence-electron chi connectivity index (χ1n) is 22.7. The lowest BCUT2D eigenvalue weighted by molar-refractivity contribution is -0.144. The Balaban J connectivity index is 0.829. The van der Waals surface area contributed by atoms with Gasteiger partial charge in [-0.05, 0) is 59.7 Å². The second kappa shape index (κ2) is 19.3. The van der Waals surface area contributed by atoms with Crippen molar-refractivity contribution in [3.8, 4) is 68.1 Å². The fraction of sp³-hybridized carbons (Fsp3) is 0.196. The van der Waals surface area contributed by atoms with Crippen molar-refractivity contribution in [2.24, 2.45) is 0 Å². The zero-order valence-corrected chi connectivity index (χ0v) is 39.4. The maximum absolute atomic E-state index is 15.5. The summed E-state index contributed by atoms with van der Waals surface area (Å²) in [6, 6.07) is 12.4. The highest BCUT2D eigenvalue weighted by atomic mass is 19.4. The molecule has 2 atom stereocenters. The van der Waals surface area contributed by atoms with Crippen molar-refractivity contribution < 1.29 is 75.3 Å². The van der Waals surface area contributed by atoms with Gasteiger partial charge in [0, 0.05) is 35.1 Å². The highest BCUT2D eigenvalue weighted by Crippen LogP contribution is 2.43. The molecular formula is C51H30F14N10O3. The summed E-state index contributed by atoms with van der Waals surface area (Å²) in [5.74, 6) is -3.80. The molecule has 0 bridgehead atoms. The molecule has 4 aromatic carbocycles. The minimum absolute atomic E-state index is 0.0123. The van der Waals surface area contributed by atoms with Gasteiger partial charge in [0.2, 0.25) is 0 Å². The number of alkyl halides is 12. The van der Waals surface area contributed by atoms with Crippen molar-refractivity contribution in [3.63, 3.8) is 0 Å². The molecule has 27 heteroatoms. The number of nitrogens with zero attached hydrogens (tertiary/aromatic N) is 10. The summed E-state index contributed by atoms with van der Waals surface area (Å²) in [6.07, 6.45) is -15.0. The molecule has 4 aliphatic heterocycles. The lowest BCUT2D eigenvalue weighted by atomic mass is 9.85. The summed E-state index contributed by atoms with van der Waals surface area (Å²) in [7, 11) is 0. The molecule has 0 fully saturated rings. The van der Waals surface area contributed by atoms with Crippen LogP contribution in [-0.4, -0.2) is 55.6 Å². The Hall–Kier alpha value is -8.91. The molecule has 0 aliphatic carbocycles. The Morgan fingerprint density at radius 2 is 0.859 bits per heavy atom. The topological polar surface area (TPSA) is 156 Å². The van der Waals surface area contributed by atoms with Crippen LogP contribution in [0.3, 0.4) is 0 Å². The smallest absolute Gasteiger partial charge is 0.359 e. The molecule has 10 rings (SSSR count). The Bertz CT molecular complexity index is 3590. The van der Waals surface area contributed by atoms with Crippen molar-refractivity contribution in [2.75, 3.05) is 0 Å². The third kappa shape index (κ3) is 10.5. The van der Waals surface area contributed by atoms with Crippen molar-refractivity contribution in [1.82, 2.24) is 49.8 Å². The second-order valence-electron chi connectivity index (χ2n) is 17.8. The Labute approximate surface area is 427 Å². The van der Waals surface area contributed by atoms with Gasteiger partial charge in [-0.15, -0.1) is 0 Å². The number of ketones is 1. The number of aromatic nitrogens is 10. The van der Waals surface area contributed by atoms with Crippen LogP contribution in [0.15, 0.2) is 119 Å². The van der Waals surface area contributed by atoms with Crippen LogP contribution < -0.4 is 0 Å². The van der Waals surface area contributed by atoms with Gasteiger partial charge in [-0.25, -0.2) is 28.7 Å². The van der Waals surface area contributed by atoms with Gasteiger partial charge in [-0.3, -0.25) is 14.2 Å². The average molecular weight is 1100 g/mol. The molecule has 13 nitrogen and oxygen atoms in total. The molecular weight excluding hydrogens is 1070 g/mol. The molecule has 78 heavy (non-hydrogen) atoms. The third-order valence-corrected chi connectivity index (χ3v) is 12.6. The van der Waals surface area contributed by atoms with Gasteiger partial charge < -0.3 is 9.05 Å². The number of Topliss-reactive ketones (excluding diaryl/α,β-unsaturated/α-hetero) is 1. The quantitative estimate of drug-likeness (QED) is 0.107. The molecule has 4 aliphatic rings. The number of halogens is 14. The van der Waals surface area contributed by atoms with Gasteiger partial charge in [0.05, 0.1) is 58.2 Å². The molecule has 0 amide bonds. The van der Waals surface area contributed by atoms with E-state index < -0.39 is 81.6 Å². The maximum Gasteiger partial charge on any atom is 0.417 e. The fourth-order valence-electron chi connectivity index (χ4n) is 8.51. The summed E-state index contributed by atoms with van der Waals surface area (Å²) < 4.78 is 206. The first kappa shape index (κ1) is 52.5. The fourth-order valence-corrected chi connectivity index (χ4v) is 8.51. The summed E-state index contributed by atoms with van der Waals surface area (Å²) >= 11 is 0. The van der Waals surface area contributed by atoms with Crippen LogP contribution in [0.1, 0.15) is 70.6 Å². The van der Waals surface area contributed by atoms with E-state index in [1.54, 1.807) is 13.8 Å². The maximum atomic E-state index is 15.5. The predicted octanol–water partition coefficient (Wildman–Crippen LogP) is 13.4. The zero-order valence-electron chi connectivity index (χ0n) is 39.4. The molecule has 0 saturated heterocycles. The SMILES string of the molecule is CC(C(=O)C(C)c1ccc(F)c(-c2nc3cnn(Cc4cc(-c5ccc(C(F)(F)F)cc5C(F)(F)F)no4)cc-3n2)c1)c1ccc(F)c(-c2nc3cnn(Cc4cc(-c5ccc(C(F)(F)F)cc5C(F)(F)F)no4)cc-3n2)c1.